The molecule has 6 heteroatoms. The minimum atomic E-state index is -0.0493. The van der Waals surface area contributed by atoms with Crippen molar-refractivity contribution in [3.05, 3.63) is 34.3 Å². The van der Waals surface area contributed by atoms with Gasteiger partial charge in [-0.05, 0) is 24.6 Å². The molecular formula is C16H25BrIN3O. The lowest BCUT2D eigenvalue weighted by atomic mass is 9.85. The molecule has 1 saturated heterocycles. The van der Waals surface area contributed by atoms with Crippen LogP contribution in [0.4, 0.5) is 0 Å². The van der Waals surface area contributed by atoms with Crippen molar-refractivity contribution in [1.29, 1.82) is 0 Å². The van der Waals surface area contributed by atoms with Gasteiger partial charge in [0.2, 0.25) is 0 Å². The lowest BCUT2D eigenvalue weighted by Gasteiger charge is -2.32. The standard InChI is InChI=1S/C16H24BrN3O.HI/c1-12-10-20(7-8-21-12)15(18)19-11-16(2,3)13-5-4-6-14(17)9-13;/h4-6,9,12H,7-8,10-11H2,1-3H3,(H2,18,19);1H. The largest absolute Gasteiger partial charge is 0.375 e. The maximum atomic E-state index is 6.14. The van der Waals surface area contributed by atoms with Crippen LogP contribution in [0.1, 0.15) is 26.3 Å². The molecule has 124 valence electrons. The first-order chi connectivity index (χ1) is 9.88. The van der Waals surface area contributed by atoms with Gasteiger partial charge in [0.15, 0.2) is 5.96 Å². The van der Waals surface area contributed by atoms with Crippen molar-refractivity contribution in [1.82, 2.24) is 4.90 Å². The van der Waals surface area contributed by atoms with Gasteiger partial charge in [-0.15, -0.1) is 24.0 Å². The zero-order chi connectivity index (χ0) is 15.5. The normalized spacial score (nSPS) is 19.7. The van der Waals surface area contributed by atoms with Crippen LogP contribution in [0.15, 0.2) is 33.7 Å². The molecule has 0 aromatic heterocycles. The summed E-state index contributed by atoms with van der Waals surface area (Å²) in [4.78, 5) is 6.71. The molecule has 22 heavy (non-hydrogen) atoms. The Labute approximate surface area is 158 Å². The fraction of sp³-hybridized carbons (Fsp3) is 0.562. The topological polar surface area (TPSA) is 50.8 Å². The Morgan fingerprint density at radius 1 is 1.50 bits per heavy atom. The van der Waals surface area contributed by atoms with Crippen molar-refractivity contribution in [2.45, 2.75) is 32.3 Å². The quantitative estimate of drug-likeness (QED) is 0.409. The van der Waals surface area contributed by atoms with Crippen LogP contribution in [-0.2, 0) is 10.2 Å². The van der Waals surface area contributed by atoms with Gasteiger partial charge in [-0.1, -0.05) is 41.9 Å². The number of rotatable bonds is 3. The molecular weight excluding hydrogens is 457 g/mol. The average molecular weight is 482 g/mol. The van der Waals surface area contributed by atoms with E-state index in [0.29, 0.717) is 19.1 Å². The number of morpholine rings is 1. The second-order valence-electron chi connectivity index (χ2n) is 6.20. The SMILES string of the molecule is CC1CN(C(N)=NCC(C)(C)c2cccc(Br)c2)CCO1.I. The molecule has 2 N–H and O–H groups in total. The molecule has 1 atom stereocenters. The maximum Gasteiger partial charge on any atom is 0.191 e. The van der Waals surface area contributed by atoms with Crippen LogP contribution in [0, 0.1) is 0 Å². The molecule has 1 aromatic carbocycles. The molecule has 0 bridgehead atoms. The highest BCUT2D eigenvalue weighted by Crippen LogP contribution is 2.26. The van der Waals surface area contributed by atoms with Gasteiger partial charge in [0.1, 0.15) is 0 Å². The summed E-state index contributed by atoms with van der Waals surface area (Å²) in [5, 5.41) is 0. The molecule has 0 spiro atoms. The molecule has 0 radical (unpaired) electrons. The van der Waals surface area contributed by atoms with Gasteiger partial charge in [-0.3, -0.25) is 4.99 Å². The van der Waals surface area contributed by atoms with Crippen LogP contribution < -0.4 is 5.73 Å². The molecule has 0 amide bonds. The fourth-order valence-electron chi connectivity index (χ4n) is 2.41. The summed E-state index contributed by atoms with van der Waals surface area (Å²) in [5.74, 6) is 0.619. The van der Waals surface area contributed by atoms with Crippen LogP contribution in [0.5, 0.6) is 0 Å². The highest BCUT2D eigenvalue weighted by Gasteiger charge is 2.22. The number of guanidine groups is 1. The number of nitrogens with two attached hydrogens (primary N) is 1. The molecule has 1 heterocycles. The van der Waals surface area contributed by atoms with Crippen LogP contribution in [0.3, 0.4) is 0 Å². The Kier molecular flexibility index (Phi) is 7.61. The molecule has 1 unspecified atom stereocenters. The molecule has 0 aliphatic carbocycles. The third-order valence-electron chi connectivity index (χ3n) is 3.81. The number of ether oxygens (including phenoxy) is 1. The summed E-state index contributed by atoms with van der Waals surface area (Å²) >= 11 is 3.52. The summed E-state index contributed by atoms with van der Waals surface area (Å²) < 4.78 is 6.62. The molecule has 0 saturated carbocycles. The number of aliphatic imine (C=N–C) groups is 1. The van der Waals surface area contributed by atoms with Crippen LogP contribution in [-0.4, -0.2) is 43.2 Å². The maximum absolute atomic E-state index is 6.14. The first kappa shape index (κ1) is 19.7. The summed E-state index contributed by atoms with van der Waals surface area (Å²) in [5.41, 5.74) is 7.34. The van der Waals surface area contributed by atoms with E-state index < -0.39 is 0 Å². The number of nitrogens with zero attached hydrogens (tertiary/aromatic N) is 2. The van der Waals surface area contributed by atoms with E-state index >= 15 is 0 Å². The predicted octanol–water partition coefficient (Wildman–Crippen LogP) is 3.38. The predicted molar refractivity (Wildman–Crippen MR) is 106 cm³/mol. The van der Waals surface area contributed by atoms with Crippen molar-refractivity contribution >= 4 is 45.9 Å². The first-order valence-corrected chi connectivity index (χ1v) is 8.10. The third kappa shape index (κ3) is 5.38. The van der Waals surface area contributed by atoms with E-state index in [9.17, 15) is 0 Å². The van der Waals surface area contributed by atoms with Gasteiger partial charge in [-0.25, -0.2) is 0 Å². The van der Waals surface area contributed by atoms with Crippen molar-refractivity contribution in [2.75, 3.05) is 26.2 Å². The van der Waals surface area contributed by atoms with Gasteiger partial charge >= 0.3 is 0 Å². The summed E-state index contributed by atoms with van der Waals surface area (Å²) in [7, 11) is 0. The van der Waals surface area contributed by atoms with Crippen LogP contribution >= 0.6 is 39.9 Å². The Morgan fingerprint density at radius 2 is 2.23 bits per heavy atom. The third-order valence-corrected chi connectivity index (χ3v) is 4.30. The lowest BCUT2D eigenvalue weighted by molar-refractivity contribution is 0.00527. The van der Waals surface area contributed by atoms with E-state index in [0.717, 1.165) is 17.6 Å². The van der Waals surface area contributed by atoms with E-state index in [1.807, 2.05) is 6.07 Å². The van der Waals surface area contributed by atoms with Gasteiger partial charge in [0, 0.05) is 23.0 Å². The molecule has 4 nitrogen and oxygen atoms in total. The second-order valence-corrected chi connectivity index (χ2v) is 7.11. The van der Waals surface area contributed by atoms with Crippen molar-refractivity contribution in [2.24, 2.45) is 10.7 Å². The zero-order valence-electron chi connectivity index (χ0n) is 13.4. The molecule has 1 aliphatic rings. The van der Waals surface area contributed by atoms with Crippen molar-refractivity contribution < 1.29 is 4.74 Å². The van der Waals surface area contributed by atoms with E-state index in [1.165, 1.54) is 5.56 Å². The number of hydrogen-bond acceptors (Lipinski definition) is 2. The molecule has 1 aliphatic heterocycles. The van der Waals surface area contributed by atoms with Crippen molar-refractivity contribution in [3.8, 4) is 0 Å². The minimum absolute atomic E-state index is 0. The van der Waals surface area contributed by atoms with Crippen LogP contribution in [0.2, 0.25) is 0 Å². The minimum Gasteiger partial charge on any atom is -0.375 e. The lowest BCUT2D eigenvalue weighted by Crippen LogP contribution is -2.48. The first-order valence-electron chi connectivity index (χ1n) is 7.31. The Bertz CT molecular complexity index is 522. The number of halogens is 2. The Morgan fingerprint density at radius 3 is 2.86 bits per heavy atom. The highest BCUT2D eigenvalue weighted by molar-refractivity contribution is 14.0. The Hall–Kier alpha value is -0.340. The summed E-state index contributed by atoms with van der Waals surface area (Å²) in [6, 6.07) is 8.36. The number of benzene rings is 1. The van der Waals surface area contributed by atoms with Crippen molar-refractivity contribution in [3.63, 3.8) is 0 Å². The zero-order valence-corrected chi connectivity index (χ0v) is 17.3. The van der Waals surface area contributed by atoms with Crippen LogP contribution in [0.25, 0.3) is 0 Å². The Balaban J connectivity index is 0.00000242. The molecule has 1 fully saturated rings. The van der Waals surface area contributed by atoms with Gasteiger partial charge in [0.25, 0.3) is 0 Å². The van der Waals surface area contributed by atoms with E-state index in [2.05, 4.69) is 64.8 Å². The van der Waals surface area contributed by atoms with Gasteiger partial charge in [-0.2, -0.15) is 0 Å². The van der Waals surface area contributed by atoms with E-state index in [1.54, 1.807) is 0 Å². The monoisotopic (exact) mass is 481 g/mol. The van der Waals surface area contributed by atoms with Gasteiger partial charge in [0.05, 0.1) is 19.3 Å². The molecule has 1 aromatic rings. The summed E-state index contributed by atoms with van der Waals surface area (Å²) in [6.45, 7) is 9.45. The van der Waals surface area contributed by atoms with Gasteiger partial charge < -0.3 is 15.4 Å². The molecule has 2 rings (SSSR count). The number of hydrogen-bond donors (Lipinski definition) is 1. The summed E-state index contributed by atoms with van der Waals surface area (Å²) in [6.07, 6.45) is 0.214. The van der Waals surface area contributed by atoms with E-state index in [4.69, 9.17) is 10.5 Å². The van der Waals surface area contributed by atoms with E-state index in [-0.39, 0.29) is 35.5 Å². The second kappa shape index (κ2) is 8.49. The fourth-order valence-corrected chi connectivity index (χ4v) is 2.81. The average Bonchev–Trinajstić information content (AvgIpc) is 2.45. The highest BCUT2D eigenvalue weighted by atomic mass is 127. The smallest absolute Gasteiger partial charge is 0.191 e.